The maximum absolute atomic E-state index is 12.0. The Morgan fingerprint density at radius 2 is 1.89 bits per heavy atom. The van der Waals surface area contributed by atoms with Crippen molar-refractivity contribution in [1.29, 1.82) is 0 Å². The third-order valence-corrected chi connectivity index (χ3v) is 4.13. The first-order chi connectivity index (χ1) is 9.10. The summed E-state index contributed by atoms with van der Waals surface area (Å²) in [4.78, 5) is 13.6. The van der Waals surface area contributed by atoms with Gasteiger partial charge in [-0.15, -0.1) is 11.3 Å². The zero-order valence-corrected chi connectivity index (χ0v) is 12.0. The molecule has 1 aromatic heterocycles. The van der Waals surface area contributed by atoms with E-state index < -0.39 is 0 Å². The van der Waals surface area contributed by atoms with Crippen molar-refractivity contribution in [1.82, 2.24) is 5.32 Å². The Hall–Kier alpha value is -1.81. The summed E-state index contributed by atoms with van der Waals surface area (Å²) in [5, 5.41) is 2.91. The second-order valence-corrected chi connectivity index (χ2v) is 5.73. The standard InChI is InChI=1S/C15H18N2OS/c1-3-11-4-6-12(7-5-11)9-17-15(18)14-8-13(16)10(2)19-14/h4-8H,3,9,16H2,1-2H3,(H,17,18). The summed E-state index contributed by atoms with van der Waals surface area (Å²) in [5.41, 5.74) is 8.84. The number of thiophene rings is 1. The van der Waals surface area contributed by atoms with Gasteiger partial charge in [-0.2, -0.15) is 0 Å². The number of hydrogen-bond donors (Lipinski definition) is 2. The van der Waals surface area contributed by atoms with Gasteiger partial charge in [-0.1, -0.05) is 31.2 Å². The van der Waals surface area contributed by atoms with Gasteiger partial charge >= 0.3 is 0 Å². The number of nitrogen functional groups attached to an aromatic ring is 1. The molecular weight excluding hydrogens is 256 g/mol. The van der Waals surface area contributed by atoms with E-state index in [0.717, 1.165) is 16.9 Å². The quantitative estimate of drug-likeness (QED) is 0.900. The highest BCUT2D eigenvalue weighted by atomic mass is 32.1. The van der Waals surface area contributed by atoms with E-state index in [9.17, 15) is 4.79 Å². The molecule has 0 fully saturated rings. The zero-order valence-electron chi connectivity index (χ0n) is 11.2. The summed E-state index contributed by atoms with van der Waals surface area (Å²) in [6, 6.07) is 10.0. The van der Waals surface area contributed by atoms with Crippen LogP contribution in [0.2, 0.25) is 0 Å². The molecule has 19 heavy (non-hydrogen) atoms. The molecule has 0 saturated heterocycles. The Morgan fingerprint density at radius 1 is 1.26 bits per heavy atom. The predicted octanol–water partition coefficient (Wildman–Crippen LogP) is 3.13. The van der Waals surface area contributed by atoms with Crippen LogP contribution in [0.1, 0.15) is 32.6 Å². The van der Waals surface area contributed by atoms with Gasteiger partial charge in [0.1, 0.15) is 0 Å². The Bertz CT molecular complexity index is 553. The van der Waals surface area contributed by atoms with Crippen LogP contribution >= 0.6 is 11.3 Å². The minimum atomic E-state index is -0.0654. The number of rotatable bonds is 4. The molecule has 0 radical (unpaired) electrons. The molecule has 0 bridgehead atoms. The maximum atomic E-state index is 12.0. The van der Waals surface area contributed by atoms with Gasteiger partial charge in [0.15, 0.2) is 0 Å². The SMILES string of the molecule is CCc1ccc(CNC(=O)c2cc(N)c(C)s2)cc1. The van der Waals surface area contributed by atoms with Crippen LogP contribution in [0.25, 0.3) is 0 Å². The molecule has 0 spiro atoms. The predicted molar refractivity (Wildman–Crippen MR) is 80.5 cm³/mol. The van der Waals surface area contributed by atoms with Crippen LogP contribution in [-0.4, -0.2) is 5.91 Å². The van der Waals surface area contributed by atoms with Crippen LogP contribution in [-0.2, 0) is 13.0 Å². The van der Waals surface area contributed by atoms with Crippen LogP contribution in [0.15, 0.2) is 30.3 Å². The number of anilines is 1. The van der Waals surface area contributed by atoms with Gasteiger partial charge in [-0.3, -0.25) is 4.79 Å². The molecule has 1 aromatic carbocycles. The van der Waals surface area contributed by atoms with Crippen molar-refractivity contribution in [2.45, 2.75) is 26.8 Å². The molecule has 0 aliphatic carbocycles. The number of hydrogen-bond acceptors (Lipinski definition) is 3. The number of amides is 1. The molecule has 1 amide bonds. The third-order valence-electron chi connectivity index (χ3n) is 3.06. The van der Waals surface area contributed by atoms with Crippen LogP contribution < -0.4 is 11.1 Å². The molecule has 2 rings (SSSR count). The molecule has 0 aliphatic heterocycles. The van der Waals surface area contributed by atoms with Crippen molar-refractivity contribution in [3.63, 3.8) is 0 Å². The molecule has 0 aliphatic rings. The van der Waals surface area contributed by atoms with Gasteiger partial charge in [0.2, 0.25) is 0 Å². The number of carbonyl (C=O) groups is 1. The average molecular weight is 274 g/mol. The summed E-state index contributed by atoms with van der Waals surface area (Å²) < 4.78 is 0. The lowest BCUT2D eigenvalue weighted by Crippen LogP contribution is -2.21. The topological polar surface area (TPSA) is 55.1 Å². The van der Waals surface area contributed by atoms with Crippen LogP contribution in [0.4, 0.5) is 5.69 Å². The number of benzene rings is 1. The fourth-order valence-electron chi connectivity index (χ4n) is 1.77. The van der Waals surface area contributed by atoms with Gasteiger partial charge in [0.05, 0.1) is 4.88 Å². The average Bonchev–Trinajstić information content (AvgIpc) is 2.77. The van der Waals surface area contributed by atoms with Crippen LogP contribution in [0.3, 0.4) is 0 Å². The second kappa shape index (κ2) is 5.89. The Balaban J connectivity index is 1.96. The van der Waals surface area contributed by atoms with Gasteiger partial charge in [0.25, 0.3) is 5.91 Å². The monoisotopic (exact) mass is 274 g/mol. The van der Waals surface area contributed by atoms with Gasteiger partial charge in [0, 0.05) is 17.1 Å². The highest BCUT2D eigenvalue weighted by molar-refractivity contribution is 7.14. The Labute approximate surface area is 117 Å². The lowest BCUT2D eigenvalue weighted by molar-refractivity contribution is 0.0955. The first kappa shape index (κ1) is 13.6. The van der Waals surface area contributed by atoms with Crippen molar-refractivity contribution >= 4 is 22.9 Å². The number of carbonyl (C=O) groups excluding carboxylic acids is 1. The summed E-state index contributed by atoms with van der Waals surface area (Å²) in [6.45, 7) is 4.58. The van der Waals surface area contributed by atoms with Crippen molar-refractivity contribution in [2.75, 3.05) is 5.73 Å². The van der Waals surface area contributed by atoms with Crippen LogP contribution in [0, 0.1) is 6.92 Å². The molecule has 0 atom stereocenters. The molecule has 0 saturated carbocycles. The Morgan fingerprint density at radius 3 is 2.42 bits per heavy atom. The summed E-state index contributed by atoms with van der Waals surface area (Å²) >= 11 is 1.43. The molecule has 3 N–H and O–H groups in total. The fraction of sp³-hybridized carbons (Fsp3) is 0.267. The summed E-state index contributed by atoms with van der Waals surface area (Å²) in [6.07, 6.45) is 1.03. The van der Waals surface area contributed by atoms with E-state index in [1.807, 2.05) is 19.1 Å². The maximum Gasteiger partial charge on any atom is 0.261 e. The lowest BCUT2D eigenvalue weighted by Gasteiger charge is -2.04. The zero-order chi connectivity index (χ0) is 13.8. The number of nitrogens with one attached hydrogen (secondary N) is 1. The van der Waals surface area contributed by atoms with Gasteiger partial charge < -0.3 is 11.1 Å². The molecule has 100 valence electrons. The Kier molecular flexibility index (Phi) is 4.22. The van der Waals surface area contributed by atoms with E-state index in [1.54, 1.807) is 6.07 Å². The smallest absolute Gasteiger partial charge is 0.261 e. The van der Waals surface area contributed by atoms with E-state index in [2.05, 4.69) is 24.4 Å². The third kappa shape index (κ3) is 3.35. The van der Waals surface area contributed by atoms with Crippen molar-refractivity contribution in [3.8, 4) is 0 Å². The van der Waals surface area contributed by atoms with E-state index in [1.165, 1.54) is 16.9 Å². The summed E-state index contributed by atoms with van der Waals surface area (Å²) in [7, 11) is 0. The van der Waals surface area contributed by atoms with E-state index >= 15 is 0 Å². The number of aryl methyl sites for hydroxylation is 2. The molecule has 2 aromatic rings. The van der Waals surface area contributed by atoms with E-state index in [4.69, 9.17) is 5.73 Å². The fourth-order valence-corrected chi connectivity index (χ4v) is 2.63. The first-order valence-corrected chi connectivity index (χ1v) is 7.13. The van der Waals surface area contributed by atoms with Gasteiger partial charge in [-0.25, -0.2) is 0 Å². The minimum Gasteiger partial charge on any atom is -0.398 e. The first-order valence-electron chi connectivity index (χ1n) is 6.32. The van der Waals surface area contributed by atoms with Crippen molar-refractivity contribution in [3.05, 3.63) is 51.2 Å². The number of nitrogens with two attached hydrogens (primary N) is 1. The molecular formula is C15H18N2OS. The van der Waals surface area contributed by atoms with E-state index in [0.29, 0.717) is 17.1 Å². The molecule has 0 unspecified atom stereocenters. The molecule has 3 nitrogen and oxygen atoms in total. The molecule has 4 heteroatoms. The van der Waals surface area contributed by atoms with Crippen molar-refractivity contribution < 1.29 is 4.79 Å². The van der Waals surface area contributed by atoms with E-state index in [-0.39, 0.29) is 5.91 Å². The highest BCUT2D eigenvalue weighted by Gasteiger charge is 2.10. The minimum absolute atomic E-state index is 0.0654. The van der Waals surface area contributed by atoms with Crippen molar-refractivity contribution in [2.24, 2.45) is 0 Å². The van der Waals surface area contributed by atoms with Gasteiger partial charge in [-0.05, 0) is 30.5 Å². The van der Waals surface area contributed by atoms with Crippen LogP contribution in [0.5, 0.6) is 0 Å². The molecule has 1 heterocycles. The summed E-state index contributed by atoms with van der Waals surface area (Å²) in [5.74, 6) is -0.0654. The second-order valence-electron chi connectivity index (χ2n) is 4.47. The highest BCUT2D eigenvalue weighted by Crippen LogP contribution is 2.23. The normalized spacial score (nSPS) is 10.4. The largest absolute Gasteiger partial charge is 0.398 e. The lowest BCUT2D eigenvalue weighted by atomic mass is 10.1.